The zero-order valence-electron chi connectivity index (χ0n) is 5.56. The highest BCUT2D eigenvalue weighted by Gasteiger charge is 2.26. The molecule has 3 nitrogen and oxygen atoms in total. The molecule has 0 spiro atoms. The van der Waals surface area contributed by atoms with Crippen molar-refractivity contribution < 1.29 is 4.52 Å². The lowest BCUT2D eigenvalue weighted by atomic mass is 10.5. The molecule has 0 aliphatic rings. The van der Waals surface area contributed by atoms with Crippen molar-refractivity contribution in [1.82, 2.24) is 10.1 Å². The fourth-order valence-electron chi connectivity index (χ4n) is 0.475. The van der Waals surface area contributed by atoms with Crippen molar-refractivity contribution in [2.75, 3.05) is 0 Å². The number of hydrogen-bond acceptors (Lipinski definition) is 3. The molecule has 0 radical (unpaired) electrons. The van der Waals surface area contributed by atoms with Gasteiger partial charge in [-0.1, -0.05) is 28.4 Å². The van der Waals surface area contributed by atoms with Gasteiger partial charge < -0.3 is 4.52 Å². The molecular weight excluding hydrogens is 175 g/mol. The van der Waals surface area contributed by atoms with Crippen LogP contribution in [0.15, 0.2) is 4.52 Å². The Morgan fingerprint density at radius 2 is 2.10 bits per heavy atom. The maximum absolute atomic E-state index is 5.64. The summed E-state index contributed by atoms with van der Waals surface area (Å²) >= 11 is 11.3. The van der Waals surface area contributed by atoms with E-state index in [0.29, 0.717) is 5.82 Å². The number of nitrogens with zero attached hydrogens (tertiary/aromatic N) is 2. The van der Waals surface area contributed by atoms with Gasteiger partial charge in [0.2, 0.25) is 0 Å². The van der Waals surface area contributed by atoms with Gasteiger partial charge in [0, 0.05) is 0 Å². The van der Waals surface area contributed by atoms with Gasteiger partial charge in [-0.05, 0) is 13.8 Å². The maximum Gasteiger partial charge on any atom is 0.262 e. The van der Waals surface area contributed by atoms with Crippen LogP contribution in [0.4, 0.5) is 0 Å². The summed E-state index contributed by atoms with van der Waals surface area (Å²) in [5, 5.41) is 3.53. The number of hydrogen-bond donors (Lipinski definition) is 0. The Labute approximate surface area is 68.3 Å². The quantitative estimate of drug-likeness (QED) is 0.622. The van der Waals surface area contributed by atoms with Crippen molar-refractivity contribution in [2.45, 2.75) is 18.2 Å². The van der Waals surface area contributed by atoms with Crippen molar-refractivity contribution in [3.63, 3.8) is 0 Å². The molecule has 0 fully saturated rings. The van der Waals surface area contributed by atoms with Gasteiger partial charge >= 0.3 is 0 Å². The Morgan fingerprint density at radius 1 is 1.50 bits per heavy atom. The molecule has 0 aromatic carbocycles. The van der Waals surface area contributed by atoms with E-state index in [2.05, 4.69) is 10.1 Å². The fourth-order valence-corrected chi connectivity index (χ4v) is 0.629. The molecule has 1 heterocycles. The van der Waals surface area contributed by atoms with Crippen molar-refractivity contribution in [3.8, 4) is 0 Å². The average Bonchev–Trinajstić information content (AvgIpc) is 2.11. The van der Waals surface area contributed by atoms with E-state index in [4.69, 9.17) is 27.7 Å². The van der Waals surface area contributed by atoms with E-state index in [9.17, 15) is 0 Å². The standard InChI is InChI=1S/C5H6Cl2N2O/c1-3-8-4(10-9-3)5(2,6)7/h1-2H3. The summed E-state index contributed by atoms with van der Waals surface area (Å²) in [6.45, 7) is 3.27. The molecule has 1 aromatic heterocycles. The molecule has 0 aliphatic carbocycles. The highest BCUT2D eigenvalue weighted by Crippen LogP contribution is 2.30. The Morgan fingerprint density at radius 3 is 2.30 bits per heavy atom. The molecule has 0 saturated heterocycles. The molecule has 0 aliphatic heterocycles. The van der Waals surface area contributed by atoms with Crippen LogP contribution >= 0.6 is 23.2 Å². The number of halogens is 2. The predicted octanol–water partition coefficient (Wildman–Crippen LogP) is 2.03. The minimum Gasteiger partial charge on any atom is -0.336 e. The molecule has 10 heavy (non-hydrogen) atoms. The molecular formula is C5H6Cl2N2O. The van der Waals surface area contributed by atoms with Crippen LogP contribution in [-0.2, 0) is 4.33 Å². The third-order valence-corrected chi connectivity index (χ3v) is 1.23. The van der Waals surface area contributed by atoms with Gasteiger partial charge in [0.15, 0.2) is 10.2 Å². The second-order valence-corrected chi connectivity index (χ2v) is 3.74. The second-order valence-electron chi connectivity index (χ2n) is 2.04. The molecule has 56 valence electrons. The topological polar surface area (TPSA) is 38.9 Å². The van der Waals surface area contributed by atoms with E-state index in [1.54, 1.807) is 13.8 Å². The van der Waals surface area contributed by atoms with Gasteiger partial charge in [-0.3, -0.25) is 0 Å². The molecule has 5 heteroatoms. The molecule has 0 saturated carbocycles. The maximum atomic E-state index is 5.64. The summed E-state index contributed by atoms with van der Waals surface area (Å²) in [5.41, 5.74) is 0. The first-order valence-electron chi connectivity index (χ1n) is 2.69. The Kier molecular flexibility index (Phi) is 1.88. The van der Waals surface area contributed by atoms with Crippen LogP contribution in [0.2, 0.25) is 0 Å². The predicted molar refractivity (Wildman–Crippen MR) is 38.1 cm³/mol. The third-order valence-electron chi connectivity index (χ3n) is 0.903. The monoisotopic (exact) mass is 180 g/mol. The van der Waals surface area contributed by atoms with E-state index in [0.717, 1.165) is 0 Å². The molecule has 0 amide bonds. The molecule has 1 rings (SSSR count). The van der Waals surface area contributed by atoms with Crippen LogP contribution in [0.3, 0.4) is 0 Å². The minimum atomic E-state index is -1.08. The summed E-state index contributed by atoms with van der Waals surface area (Å²) in [7, 11) is 0. The minimum absolute atomic E-state index is 0.230. The molecule has 0 N–H and O–H groups in total. The van der Waals surface area contributed by atoms with Gasteiger partial charge in [-0.2, -0.15) is 4.98 Å². The summed E-state index contributed by atoms with van der Waals surface area (Å²) in [5.74, 6) is 0.760. The Hall–Kier alpha value is -0.280. The van der Waals surface area contributed by atoms with Crippen LogP contribution in [0.5, 0.6) is 0 Å². The van der Waals surface area contributed by atoms with Gasteiger partial charge in [0.25, 0.3) is 5.89 Å². The summed E-state index contributed by atoms with van der Waals surface area (Å²) < 4.78 is 3.62. The summed E-state index contributed by atoms with van der Waals surface area (Å²) in [6, 6.07) is 0. The number of aryl methyl sites for hydroxylation is 1. The van der Waals surface area contributed by atoms with E-state index in [1.165, 1.54) is 0 Å². The summed E-state index contributed by atoms with van der Waals surface area (Å²) in [4.78, 5) is 3.84. The van der Waals surface area contributed by atoms with E-state index in [-0.39, 0.29) is 5.89 Å². The first-order valence-corrected chi connectivity index (χ1v) is 3.44. The fraction of sp³-hybridized carbons (Fsp3) is 0.600. The largest absolute Gasteiger partial charge is 0.336 e. The molecule has 0 unspecified atom stereocenters. The first-order chi connectivity index (χ1) is 4.50. The zero-order valence-corrected chi connectivity index (χ0v) is 7.07. The van der Waals surface area contributed by atoms with Crippen LogP contribution in [0.25, 0.3) is 0 Å². The van der Waals surface area contributed by atoms with E-state index in [1.807, 2.05) is 0 Å². The van der Waals surface area contributed by atoms with Crippen LogP contribution < -0.4 is 0 Å². The number of aromatic nitrogens is 2. The van der Waals surface area contributed by atoms with Gasteiger partial charge in [0.1, 0.15) is 0 Å². The van der Waals surface area contributed by atoms with Crippen LogP contribution in [-0.4, -0.2) is 10.1 Å². The van der Waals surface area contributed by atoms with Crippen molar-refractivity contribution >= 4 is 23.2 Å². The lowest BCUT2D eigenvalue weighted by Gasteiger charge is -2.03. The lowest BCUT2D eigenvalue weighted by Crippen LogP contribution is -2.03. The first kappa shape index (κ1) is 7.82. The Balaban J connectivity index is 2.96. The van der Waals surface area contributed by atoms with E-state index < -0.39 is 4.33 Å². The van der Waals surface area contributed by atoms with Gasteiger partial charge in [-0.15, -0.1) is 0 Å². The second kappa shape index (κ2) is 2.40. The highest BCUT2D eigenvalue weighted by atomic mass is 35.5. The number of rotatable bonds is 1. The van der Waals surface area contributed by atoms with Gasteiger partial charge in [-0.25, -0.2) is 0 Å². The average molecular weight is 181 g/mol. The van der Waals surface area contributed by atoms with Crippen molar-refractivity contribution in [2.24, 2.45) is 0 Å². The SMILES string of the molecule is Cc1noc(C(C)(Cl)Cl)n1. The molecule has 0 bridgehead atoms. The zero-order chi connectivity index (χ0) is 7.78. The number of alkyl halides is 2. The van der Waals surface area contributed by atoms with Crippen LogP contribution in [0.1, 0.15) is 18.6 Å². The Bertz CT molecular complexity index is 228. The highest BCUT2D eigenvalue weighted by molar-refractivity contribution is 6.47. The van der Waals surface area contributed by atoms with Crippen molar-refractivity contribution in [3.05, 3.63) is 11.7 Å². The van der Waals surface area contributed by atoms with E-state index >= 15 is 0 Å². The smallest absolute Gasteiger partial charge is 0.262 e. The third kappa shape index (κ3) is 1.61. The summed E-state index contributed by atoms with van der Waals surface area (Å²) in [6.07, 6.45) is 0. The normalized spacial score (nSPS) is 12.0. The van der Waals surface area contributed by atoms with Crippen LogP contribution in [0, 0.1) is 6.92 Å². The van der Waals surface area contributed by atoms with Crippen molar-refractivity contribution in [1.29, 1.82) is 0 Å². The van der Waals surface area contributed by atoms with Gasteiger partial charge in [0.05, 0.1) is 0 Å². The molecule has 0 atom stereocenters. The molecule has 1 aromatic rings. The lowest BCUT2D eigenvalue weighted by molar-refractivity contribution is 0.367.